The van der Waals surface area contributed by atoms with Crippen LogP contribution in [0.2, 0.25) is 0 Å². The highest BCUT2D eigenvalue weighted by molar-refractivity contribution is 5.88. The normalized spacial score (nSPS) is 40.8. The van der Waals surface area contributed by atoms with Gasteiger partial charge in [-0.05, 0) is 306 Å². The van der Waals surface area contributed by atoms with E-state index >= 15 is 0 Å². The number of rotatable bonds is 25. The minimum absolute atomic E-state index is 0.0577. The summed E-state index contributed by atoms with van der Waals surface area (Å²) in [6, 6.07) is -0.723. The van der Waals surface area contributed by atoms with Crippen LogP contribution in [0.3, 0.4) is 0 Å². The molecule has 0 aromatic carbocycles. The number of unbranched alkanes of at least 4 members (excludes halogenated alkanes) is 2. The summed E-state index contributed by atoms with van der Waals surface area (Å²) in [6.45, 7) is 45.5. The highest BCUT2D eigenvalue weighted by Gasteiger charge is 2.74. The number of alkyl carbamates (subject to hydrolysis) is 1. The minimum atomic E-state index is -0.787. The first kappa shape index (κ1) is 74.8. The van der Waals surface area contributed by atoms with Gasteiger partial charge in [0.2, 0.25) is 11.8 Å². The van der Waals surface area contributed by atoms with Crippen molar-refractivity contribution >= 4 is 41.2 Å². The van der Waals surface area contributed by atoms with E-state index in [-0.39, 0.29) is 79.2 Å². The molecule has 0 aromatic heterocycles. The summed E-state index contributed by atoms with van der Waals surface area (Å²) in [6.07, 6.45) is 25.3. The molecule has 540 valence electrons. The minimum Gasteiger partial charge on any atom is -0.481 e. The van der Waals surface area contributed by atoms with Crippen molar-refractivity contribution in [3.8, 4) is 0 Å². The van der Waals surface area contributed by atoms with E-state index in [0.717, 1.165) is 122 Å². The highest BCUT2D eigenvalue weighted by atomic mass is 16.6. The maximum absolute atomic E-state index is 14.9. The molecule has 10 aliphatic rings. The fourth-order valence-corrected chi connectivity index (χ4v) is 26.7. The molecule has 13 nitrogen and oxygen atoms in total. The number of hydrogen-bond donors (Lipinski definition) is 5. The van der Waals surface area contributed by atoms with Gasteiger partial charge in [-0.15, -0.1) is 0 Å². The van der Waals surface area contributed by atoms with Gasteiger partial charge in [-0.3, -0.25) is 28.8 Å². The number of aliphatic carboxylic acids is 1. The number of Topliss-reactive ketones (excluding diaryl/α,β-unsaturated/α-hetero) is 3. The number of hydrogen-bond acceptors (Lipinski definition) is 9. The van der Waals surface area contributed by atoms with Crippen LogP contribution in [0, 0.1) is 119 Å². The first-order valence-corrected chi connectivity index (χ1v) is 39.3. The Bertz CT molecular complexity index is 2980. The highest BCUT2D eigenvalue weighted by Crippen LogP contribution is 2.80. The summed E-state index contributed by atoms with van der Waals surface area (Å²) in [5, 5.41) is 23.5. The number of carboxylic acid groups (broad SMARTS) is 1. The number of fused-ring (bicyclic) bond motifs is 14. The number of carbonyl (C=O) groups is 7. The van der Waals surface area contributed by atoms with E-state index < -0.39 is 40.5 Å². The first-order valence-electron chi connectivity index (χ1n) is 39.3. The zero-order chi connectivity index (χ0) is 70.2. The van der Waals surface area contributed by atoms with E-state index in [1.807, 2.05) is 0 Å². The Hall–Kier alpha value is -3.87. The second-order valence-electron chi connectivity index (χ2n) is 38.2. The Morgan fingerprint density at radius 3 is 1.39 bits per heavy atom. The van der Waals surface area contributed by atoms with Gasteiger partial charge in [0.15, 0.2) is 5.78 Å². The summed E-state index contributed by atoms with van der Waals surface area (Å²) in [4.78, 5) is 96.0. The predicted octanol–water partition coefficient (Wildman–Crippen LogP) is 17.3. The molecule has 8 unspecified atom stereocenters. The lowest BCUT2D eigenvalue weighted by atomic mass is 9.32. The van der Waals surface area contributed by atoms with Crippen molar-refractivity contribution in [2.45, 2.75) is 308 Å². The zero-order valence-electron chi connectivity index (χ0n) is 63.1. The SMILES string of the molecule is C=C(C)C1CCC2(C(=O)NCCCCC(CCCNCCCC(=O)C(CCCCNC(=O)C34CCC(C(=C)C)C3[C@H]3CC[C@@H]5[C@@]6(C)CCC(=O)C(C)(C)[C@@H]6CC[C@@]5(C)[C@]3(C)CC4)NC(=O)OC(C)(C)C)C(=O)O)CC[C@]3(C)[C@H](CC[C@@H]4[C@@]5(C)CCC(=O)C(C)(C)[C@@H]5CC[C@]43C)C12. The molecule has 0 aliphatic heterocycles. The van der Waals surface area contributed by atoms with E-state index in [9.17, 15) is 38.7 Å². The average molecular weight is 1330 g/mol. The Morgan fingerprint density at radius 2 is 0.948 bits per heavy atom. The van der Waals surface area contributed by atoms with Crippen molar-refractivity contribution in [1.29, 1.82) is 0 Å². The second kappa shape index (κ2) is 27.5. The molecule has 10 fully saturated rings. The van der Waals surface area contributed by atoms with Crippen LogP contribution in [0.5, 0.6) is 0 Å². The molecule has 20 atom stereocenters. The van der Waals surface area contributed by atoms with Crippen molar-refractivity contribution < 1.29 is 43.4 Å². The largest absolute Gasteiger partial charge is 0.481 e. The van der Waals surface area contributed by atoms with Gasteiger partial charge in [-0.2, -0.15) is 0 Å². The summed E-state index contributed by atoms with van der Waals surface area (Å²) < 4.78 is 5.62. The molecule has 0 spiro atoms. The topological polar surface area (TPSA) is 197 Å². The van der Waals surface area contributed by atoms with Gasteiger partial charge >= 0.3 is 12.1 Å². The zero-order valence-corrected chi connectivity index (χ0v) is 63.1. The number of carbonyl (C=O) groups excluding carboxylic acids is 6. The third kappa shape index (κ3) is 12.7. The fraction of sp³-hybridized carbons (Fsp3) is 0.867. The fourth-order valence-electron chi connectivity index (χ4n) is 26.7. The summed E-state index contributed by atoms with van der Waals surface area (Å²) in [5.41, 5.74) is 1.03. The number of carboxylic acids is 1. The maximum atomic E-state index is 14.9. The quantitative estimate of drug-likeness (QED) is 0.0433. The van der Waals surface area contributed by atoms with E-state index in [0.29, 0.717) is 143 Å². The van der Waals surface area contributed by atoms with E-state index in [4.69, 9.17) is 4.74 Å². The van der Waals surface area contributed by atoms with Crippen LogP contribution in [0.25, 0.3) is 0 Å². The first-order chi connectivity index (χ1) is 44.9. The number of allylic oxidation sites excluding steroid dienone is 2. The number of nitrogens with one attached hydrogen (secondary N) is 4. The van der Waals surface area contributed by atoms with Crippen molar-refractivity contribution in [3.05, 3.63) is 24.3 Å². The standard InChI is InChI=1S/C83H134N4O9/c1-52(2)55-32-42-82(46-44-78(14)57(67(55)82)28-30-63-76(12)38-36-65(89)74(8,9)61(76)34-40-80(63,78)16)70(93)85-50-20-18-24-54(69(91)92)25-22-48-84-49-23-27-60(88)59(87-72(95)96-73(5,6)7)26-19-21-51-86-71(94)83-43-33-56(53(3)4)68(83)58-29-31-64-77(13)39-37-66(90)75(10,11)62(77)35-41-81(64,17)79(58,15)45-47-83/h54-59,61-64,67-68,84H,1,3,18-51H2,2,4-17H3,(H,85,93)(H,86,94)(H,87,95)(H,91,92)/t54?,55?,56?,57-,58-,59?,61+,62+,63-,64-,67?,68?,76+,77+,78-,79-,80-,81-,82?,83?/m1/s1. The van der Waals surface area contributed by atoms with Crippen molar-refractivity contribution in [2.24, 2.45) is 119 Å². The molecule has 0 aromatic rings. The molecule has 3 amide bonds. The predicted molar refractivity (Wildman–Crippen MR) is 382 cm³/mol. The lowest BCUT2D eigenvalue weighted by Gasteiger charge is -2.72. The number of ether oxygens (including phenoxy) is 1. The average Bonchev–Trinajstić information content (AvgIpc) is 1.05. The summed E-state index contributed by atoms with van der Waals surface area (Å²) in [7, 11) is 0. The molecule has 0 heterocycles. The molecule has 10 saturated carbocycles. The Balaban J connectivity index is 0.656. The maximum Gasteiger partial charge on any atom is 0.408 e. The van der Waals surface area contributed by atoms with Gasteiger partial charge < -0.3 is 31.1 Å². The van der Waals surface area contributed by atoms with Crippen LogP contribution in [0.1, 0.15) is 296 Å². The van der Waals surface area contributed by atoms with Gasteiger partial charge in [-0.1, -0.05) is 100.0 Å². The van der Waals surface area contributed by atoms with Gasteiger partial charge in [0.1, 0.15) is 17.2 Å². The van der Waals surface area contributed by atoms with Crippen LogP contribution < -0.4 is 21.3 Å². The summed E-state index contributed by atoms with van der Waals surface area (Å²) in [5.74, 6) is 3.91. The van der Waals surface area contributed by atoms with Crippen LogP contribution in [-0.2, 0) is 33.5 Å². The summed E-state index contributed by atoms with van der Waals surface area (Å²) >= 11 is 0. The molecule has 96 heavy (non-hydrogen) atoms. The van der Waals surface area contributed by atoms with Gasteiger partial charge in [0, 0.05) is 43.2 Å². The van der Waals surface area contributed by atoms with Gasteiger partial charge in [0.25, 0.3) is 0 Å². The lowest BCUT2D eigenvalue weighted by molar-refractivity contribution is -0.233. The molecule has 13 heteroatoms. The molecular formula is C83H134N4O9. The number of amides is 3. The molecule has 5 N–H and O–H groups in total. The molecule has 10 aliphatic carbocycles. The monoisotopic (exact) mass is 1330 g/mol. The third-order valence-electron chi connectivity index (χ3n) is 32.1. The molecule has 10 rings (SSSR count). The number of ketones is 3. The van der Waals surface area contributed by atoms with E-state index in [2.05, 4.69) is 118 Å². The molecule has 0 bridgehead atoms. The van der Waals surface area contributed by atoms with E-state index in [1.165, 1.54) is 17.6 Å². The van der Waals surface area contributed by atoms with Crippen molar-refractivity contribution in [1.82, 2.24) is 21.3 Å². The van der Waals surface area contributed by atoms with Crippen molar-refractivity contribution in [3.63, 3.8) is 0 Å². The Morgan fingerprint density at radius 1 is 0.510 bits per heavy atom. The van der Waals surface area contributed by atoms with Crippen LogP contribution >= 0.6 is 0 Å². The smallest absolute Gasteiger partial charge is 0.408 e. The third-order valence-corrected chi connectivity index (χ3v) is 32.1. The Labute approximate surface area is 580 Å². The molecule has 0 saturated heterocycles. The van der Waals surface area contributed by atoms with Crippen LogP contribution in [0.15, 0.2) is 24.3 Å². The molecular weight excluding hydrogens is 1200 g/mol. The van der Waals surface area contributed by atoms with Gasteiger partial charge in [0.05, 0.1) is 22.8 Å². The molecule has 0 radical (unpaired) electrons. The second-order valence-corrected chi connectivity index (χ2v) is 38.2. The van der Waals surface area contributed by atoms with Gasteiger partial charge in [-0.25, -0.2) is 4.79 Å². The lowest BCUT2D eigenvalue weighted by Crippen LogP contribution is -2.67. The van der Waals surface area contributed by atoms with E-state index in [1.54, 1.807) is 20.8 Å². The Kier molecular flexibility index (Phi) is 21.4. The van der Waals surface area contributed by atoms with Crippen LogP contribution in [0.4, 0.5) is 4.79 Å². The van der Waals surface area contributed by atoms with Crippen LogP contribution in [-0.4, -0.2) is 84.2 Å². The van der Waals surface area contributed by atoms with Crippen molar-refractivity contribution in [2.75, 3.05) is 26.2 Å².